The van der Waals surface area contributed by atoms with Crippen LogP contribution in [0, 0.1) is 6.92 Å². The van der Waals surface area contributed by atoms with Gasteiger partial charge in [-0.25, -0.2) is 0 Å². The summed E-state index contributed by atoms with van der Waals surface area (Å²) in [6, 6.07) is 22.3. The maximum absolute atomic E-state index is 6.20. The van der Waals surface area contributed by atoms with Gasteiger partial charge in [0.25, 0.3) is 0 Å². The molecule has 0 saturated carbocycles. The lowest BCUT2D eigenvalue weighted by molar-refractivity contribution is 0.281. The number of nitrogens with one attached hydrogen (secondary N) is 1. The van der Waals surface area contributed by atoms with E-state index in [1.54, 1.807) is 7.11 Å². The van der Waals surface area contributed by atoms with E-state index in [0.29, 0.717) is 13.2 Å². The van der Waals surface area contributed by atoms with Crippen molar-refractivity contribution < 1.29 is 9.47 Å². The van der Waals surface area contributed by atoms with Gasteiger partial charge in [-0.3, -0.25) is 0 Å². The molecule has 3 rings (SSSR count). The number of anilines is 1. The van der Waals surface area contributed by atoms with Crippen molar-refractivity contribution in [1.29, 1.82) is 0 Å². The van der Waals surface area contributed by atoms with E-state index in [1.807, 2.05) is 54.6 Å². The number of para-hydroxylation sites is 1. The van der Waals surface area contributed by atoms with Gasteiger partial charge in [-0.1, -0.05) is 58.4 Å². The van der Waals surface area contributed by atoms with Crippen LogP contribution < -0.4 is 14.8 Å². The molecule has 0 radical (unpaired) electrons. The van der Waals surface area contributed by atoms with E-state index in [1.165, 1.54) is 5.56 Å². The summed E-state index contributed by atoms with van der Waals surface area (Å²) in [6.07, 6.45) is 0. The number of rotatable bonds is 7. The first-order valence-electron chi connectivity index (χ1n) is 8.50. The maximum Gasteiger partial charge on any atom is 0.167 e. The van der Waals surface area contributed by atoms with E-state index in [9.17, 15) is 0 Å². The molecule has 0 unspecified atom stereocenters. The third-order valence-electron chi connectivity index (χ3n) is 4.26. The SMILES string of the molecule is COc1ccc(Br)c(CNc2ccccc2)c1OCc1ccccc1C. The molecule has 0 fully saturated rings. The van der Waals surface area contributed by atoms with Gasteiger partial charge in [0.15, 0.2) is 11.5 Å². The average Bonchev–Trinajstić information content (AvgIpc) is 2.67. The third-order valence-corrected chi connectivity index (χ3v) is 5.01. The van der Waals surface area contributed by atoms with Crippen LogP contribution in [0.1, 0.15) is 16.7 Å². The van der Waals surface area contributed by atoms with Crippen molar-refractivity contribution in [2.75, 3.05) is 12.4 Å². The molecule has 3 aromatic rings. The van der Waals surface area contributed by atoms with Crippen molar-refractivity contribution in [2.24, 2.45) is 0 Å². The molecule has 0 aliphatic carbocycles. The average molecular weight is 412 g/mol. The molecule has 0 spiro atoms. The first-order chi connectivity index (χ1) is 12.7. The number of halogens is 1. The Kier molecular flexibility index (Phi) is 6.18. The monoisotopic (exact) mass is 411 g/mol. The predicted octanol–water partition coefficient (Wildman–Crippen LogP) is 5.96. The Balaban J connectivity index is 1.84. The summed E-state index contributed by atoms with van der Waals surface area (Å²) in [5.41, 5.74) is 4.47. The smallest absolute Gasteiger partial charge is 0.167 e. The van der Waals surface area contributed by atoms with Crippen LogP contribution in [-0.2, 0) is 13.2 Å². The maximum atomic E-state index is 6.20. The molecular formula is C22H22BrNO2. The Morgan fingerprint density at radius 3 is 2.38 bits per heavy atom. The van der Waals surface area contributed by atoms with E-state index in [2.05, 4.69) is 40.3 Å². The molecule has 0 aromatic heterocycles. The number of hydrogen-bond acceptors (Lipinski definition) is 3. The summed E-state index contributed by atoms with van der Waals surface area (Å²) in [5.74, 6) is 1.49. The zero-order valence-electron chi connectivity index (χ0n) is 15.0. The van der Waals surface area contributed by atoms with Gasteiger partial charge in [0.2, 0.25) is 0 Å². The highest BCUT2D eigenvalue weighted by molar-refractivity contribution is 9.10. The molecule has 0 bridgehead atoms. The van der Waals surface area contributed by atoms with Crippen LogP contribution in [0.2, 0.25) is 0 Å². The van der Waals surface area contributed by atoms with Crippen molar-refractivity contribution in [3.63, 3.8) is 0 Å². The Bertz CT molecular complexity index is 865. The van der Waals surface area contributed by atoms with Gasteiger partial charge < -0.3 is 14.8 Å². The molecule has 0 amide bonds. The van der Waals surface area contributed by atoms with Crippen LogP contribution in [0.5, 0.6) is 11.5 Å². The molecule has 0 saturated heterocycles. The van der Waals surface area contributed by atoms with E-state index >= 15 is 0 Å². The van der Waals surface area contributed by atoms with Gasteiger partial charge in [0.1, 0.15) is 6.61 Å². The highest BCUT2D eigenvalue weighted by Gasteiger charge is 2.15. The molecule has 1 N–H and O–H groups in total. The van der Waals surface area contributed by atoms with Gasteiger partial charge in [-0.2, -0.15) is 0 Å². The fourth-order valence-electron chi connectivity index (χ4n) is 2.73. The molecule has 4 heteroatoms. The molecule has 3 aromatic carbocycles. The summed E-state index contributed by atoms with van der Waals surface area (Å²) in [4.78, 5) is 0. The standard InChI is InChI=1S/C22H22BrNO2/c1-16-8-6-7-9-17(16)15-26-22-19(20(23)12-13-21(22)25-2)14-24-18-10-4-3-5-11-18/h3-13,24H,14-15H2,1-2H3. The Hall–Kier alpha value is -2.46. The van der Waals surface area contributed by atoms with E-state index in [-0.39, 0.29) is 0 Å². The van der Waals surface area contributed by atoms with E-state index in [4.69, 9.17) is 9.47 Å². The van der Waals surface area contributed by atoms with Crippen LogP contribution in [0.3, 0.4) is 0 Å². The summed E-state index contributed by atoms with van der Waals surface area (Å²) in [5, 5.41) is 3.44. The molecule has 3 nitrogen and oxygen atoms in total. The Morgan fingerprint density at radius 2 is 1.65 bits per heavy atom. The second-order valence-corrected chi connectivity index (χ2v) is 6.85. The lowest BCUT2D eigenvalue weighted by atomic mass is 10.1. The summed E-state index contributed by atoms with van der Waals surface area (Å²) in [7, 11) is 1.66. The largest absolute Gasteiger partial charge is 0.493 e. The van der Waals surface area contributed by atoms with Gasteiger partial charge in [0, 0.05) is 22.3 Å². The van der Waals surface area contributed by atoms with Crippen molar-refractivity contribution >= 4 is 21.6 Å². The zero-order valence-corrected chi connectivity index (χ0v) is 16.5. The quantitative estimate of drug-likeness (QED) is 0.520. The van der Waals surface area contributed by atoms with Crippen molar-refractivity contribution in [3.8, 4) is 11.5 Å². The fourth-order valence-corrected chi connectivity index (χ4v) is 3.19. The van der Waals surface area contributed by atoms with E-state index in [0.717, 1.165) is 32.8 Å². The zero-order chi connectivity index (χ0) is 18.4. The molecule has 26 heavy (non-hydrogen) atoms. The summed E-state index contributed by atoms with van der Waals surface area (Å²) < 4.78 is 12.7. The van der Waals surface area contributed by atoms with Crippen molar-refractivity contribution in [3.05, 3.63) is 87.9 Å². The van der Waals surface area contributed by atoms with Crippen LogP contribution in [0.4, 0.5) is 5.69 Å². The van der Waals surface area contributed by atoms with Gasteiger partial charge >= 0.3 is 0 Å². The second kappa shape index (κ2) is 8.77. The van der Waals surface area contributed by atoms with Crippen LogP contribution in [-0.4, -0.2) is 7.11 Å². The van der Waals surface area contributed by atoms with Gasteiger partial charge in [-0.05, 0) is 42.3 Å². The van der Waals surface area contributed by atoms with Crippen molar-refractivity contribution in [1.82, 2.24) is 0 Å². The van der Waals surface area contributed by atoms with Gasteiger partial charge in [0.05, 0.1) is 7.11 Å². The normalized spacial score (nSPS) is 10.4. The van der Waals surface area contributed by atoms with Crippen molar-refractivity contribution in [2.45, 2.75) is 20.1 Å². The first-order valence-corrected chi connectivity index (χ1v) is 9.30. The number of hydrogen-bond donors (Lipinski definition) is 1. The fraction of sp³-hybridized carbons (Fsp3) is 0.182. The highest BCUT2D eigenvalue weighted by atomic mass is 79.9. The molecule has 0 atom stereocenters. The number of ether oxygens (including phenoxy) is 2. The van der Waals surface area contributed by atoms with Crippen LogP contribution >= 0.6 is 15.9 Å². The van der Waals surface area contributed by atoms with E-state index < -0.39 is 0 Å². The Morgan fingerprint density at radius 1 is 0.923 bits per heavy atom. The molecular weight excluding hydrogens is 390 g/mol. The summed E-state index contributed by atoms with van der Waals surface area (Å²) in [6.45, 7) is 3.22. The second-order valence-electron chi connectivity index (χ2n) is 5.99. The minimum absolute atomic E-state index is 0.498. The summed E-state index contributed by atoms with van der Waals surface area (Å²) >= 11 is 3.65. The van der Waals surface area contributed by atoms with Crippen LogP contribution in [0.15, 0.2) is 71.2 Å². The Labute approximate surface area is 163 Å². The molecule has 0 aliphatic heterocycles. The van der Waals surface area contributed by atoms with Crippen LogP contribution in [0.25, 0.3) is 0 Å². The molecule has 134 valence electrons. The lowest BCUT2D eigenvalue weighted by Crippen LogP contribution is -2.06. The topological polar surface area (TPSA) is 30.5 Å². The lowest BCUT2D eigenvalue weighted by Gasteiger charge is -2.18. The molecule has 0 aliphatic rings. The first kappa shape index (κ1) is 18.3. The number of aryl methyl sites for hydroxylation is 1. The minimum atomic E-state index is 0.498. The number of benzene rings is 3. The third kappa shape index (κ3) is 4.38. The predicted molar refractivity (Wildman–Crippen MR) is 110 cm³/mol. The van der Waals surface area contributed by atoms with Gasteiger partial charge in [-0.15, -0.1) is 0 Å². The molecule has 0 heterocycles. The number of methoxy groups -OCH3 is 1. The minimum Gasteiger partial charge on any atom is -0.493 e. The highest BCUT2D eigenvalue weighted by Crippen LogP contribution is 2.37.